The first-order valence-corrected chi connectivity index (χ1v) is 8.37. The molecule has 0 bridgehead atoms. The van der Waals surface area contributed by atoms with Crippen LogP contribution in [-0.2, 0) is 4.79 Å². The minimum atomic E-state index is -0.228. The van der Waals surface area contributed by atoms with Gasteiger partial charge in [-0.15, -0.1) is 13.2 Å². The largest absolute Gasteiger partial charge is 0.299 e. The van der Waals surface area contributed by atoms with E-state index in [4.69, 9.17) is 0 Å². The summed E-state index contributed by atoms with van der Waals surface area (Å²) < 4.78 is 0. The number of rotatable bonds is 3. The van der Waals surface area contributed by atoms with Gasteiger partial charge in [-0.25, -0.2) is 0 Å². The van der Waals surface area contributed by atoms with Crippen molar-refractivity contribution in [3.63, 3.8) is 0 Å². The number of carbonyl (C=O) groups excluding carboxylic acids is 1. The molecule has 0 aromatic heterocycles. The molecule has 0 radical (unpaired) electrons. The number of Topliss-reactive ketones (excluding diaryl/α,β-unsaturated/α-hetero) is 1. The van der Waals surface area contributed by atoms with Crippen LogP contribution < -0.4 is 0 Å². The van der Waals surface area contributed by atoms with Crippen molar-refractivity contribution >= 4 is 5.78 Å². The molecule has 1 saturated carbocycles. The first kappa shape index (κ1) is 24.9. The molecule has 21 heavy (non-hydrogen) atoms. The minimum Gasteiger partial charge on any atom is -0.299 e. The van der Waals surface area contributed by atoms with Crippen molar-refractivity contribution in [2.24, 2.45) is 11.3 Å². The molecule has 1 aliphatic rings. The van der Waals surface area contributed by atoms with Gasteiger partial charge >= 0.3 is 0 Å². The van der Waals surface area contributed by atoms with Crippen LogP contribution in [-0.4, -0.2) is 5.78 Å². The van der Waals surface area contributed by atoms with Gasteiger partial charge in [0.1, 0.15) is 5.78 Å². The number of hydrogen-bond donors (Lipinski definition) is 0. The fourth-order valence-corrected chi connectivity index (χ4v) is 2.93. The summed E-state index contributed by atoms with van der Waals surface area (Å²) in [6.07, 6.45) is 8.31. The van der Waals surface area contributed by atoms with Gasteiger partial charge in [0.25, 0.3) is 0 Å². The molecule has 2 unspecified atom stereocenters. The highest BCUT2D eigenvalue weighted by Crippen LogP contribution is 2.45. The van der Waals surface area contributed by atoms with Gasteiger partial charge in [0, 0.05) is 0 Å². The SMILES string of the molecule is C=C.C=C/C(=C\C)C1(C(C)=O)CCCC(C)C1.CC.CC. The van der Waals surface area contributed by atoms with E-state index in [0.29, 0.717) is 11.7 Å². The summed E-state index contributed by atoms with van der Waals surface area (Å²) in [4.78, 5) is 11.9. The Labute approximate surface area is 134 Å². The highest BCUT2D eigenvalue weighted by atomic mass is 16.1. The fraction of sp³-hybridized carbons (Fsp3) is 0.650. The molecule has 0 aliphatic heterocycles. The maximum Gasteiger partial charge on any atom is 0.140 e. The molecule has 2 atom stereocenters. The lowest BCUT2D eigenvalue weighted by atomic mass is 9.63. The van der Waals surface area contributed by atoms with Crippen LogP contribution in [0.2, 0.25) is 0 Å². The number of allylic oxidation sites excluding steroid dienone is 3. The van der Waals surface area contributed by atoms with Crippen molar-refractivity contribution in [1.29, 1.82) is 0 Å². The molecule has 0 spiro atoms. The van der Waals surface area contributed by atoms with E-state index in [0.717, 1.165) is 24.8 Å². The van der Waals surface area contributed by atoms with Crippen LogP contribution in [0, 0.1) is 11.3 Å². The Morgan fingerprint density at radius 1 is 1.19 bits per heavy atom. The third-order valence-electron chi connectivity index (χ3n) is 3.75. The van der Waals surface area contributed by atoms with Crippen molar-refractivity contribution in [3.8, 4) is 0 Å². The van der Waals surface area contributed by atoms with E-state index in [-0.39, 0.29) is 5.41 Å². The van der Waals surface area contributed by atoms with Gasteiger partial charge in [-0.1, -0.05) is 66.2 Å². The Hall–Kier alpha value is -1.11. The molecular formula is C20H38O. The molecule has 0 N–H and O–H groups in total. The van der Waals surface area contributed by atoms with Crippen LogP contribution in [0.5, 0.6) is 0 Å². The molecular weight excluding hydrogens is 256 g/mol. The lowest BCUT2D eigenvalue weighted by Gasteiger charge is -2.39. The topological polar surface area (TPSA) is 17.1 Å². The Morgan fingerprint density at radius 2 is 1.67 bits per heavy atom. The fourth-order valence-electron chi connectivity index (χ4n) is 2.93. The standard InChI is InChI=1S/C14H22O.2C2H6.C2H4/c1-5-13(6-2)14(12(4)15)9-7-8-11(3)10-14;3*1-2/h5-6,11H,1,7-10H2,2-4H3;2*1-2H3;1-2H2/b13-6+;;;. The number of ketones is 1. The summed E-state index contributed by atoms with van der Waals surface area (Å²) in [6, 6.07) is 0. The van der Waals surface area contributed by atoms with Crippen LogP contribution in [0.1, 0.15) is 74.1 Å². The second-order valence-electron chi connectivity index (χ2n) is 4.79. The summed E-state index contributed by atoms with van der Waals surface area (Å²) >= 11 is 0. The van der Waals surface area contributed by atoms with Crippen LogP contribution in [0.3, 0.4) is 0 Å². The third kappa shape index (κ3) is 7.45. The summed E-state index contributed by atoms with van der Waals surface area (Å²) in [5, 5.41) is 0. The first-order valence-electron chi connectivity index (χ1n) is 8.37. The average molecular weight is 295 g/mol. The van der Waals surface area contributed by atoms with Crippen LogP contribution >= 0.6 is 0 Å². The Morgan fingerprint density at radius 3 is 1.95 bits per heavy atom. The van der Waals surface area contributed by atoms with Crippen molar-refractivity contribution in [1.82, 2.24) is 0 Å². The van der Waals surface area contributed by atoms with Gasteiger partial charge in [0.2, 0.25) is 0 Å². The lowest BCUT2D eigenvalue weighted by molar-refractivity contribution is -0.126. The molecule has 124 valence electrons. The molecule has 1 aliphatic carbocycles. The van der Waals surface area contributed by atoms with E-state index in [9.17, 15) is 4.79 Å². The van der Waals surface area contributed by atoms with Gasteiger partial charge in [-0.2, -0.15) is 0 Å². The van der Waals surface area contributed by atoms with E-state index >= 15 is 0 Å². The second-order valence-corrected chi connectivity index (χ2v) is 4.79. The molecule has 0 heterocycles. The molecule has 0 aromatic rings. The van der Waals surface area contributed by atoms with E-state index in [2.05, 4.69) is 26.7 Å². The van der Waals surface area contributed by atoms with E-state index in [1.54, 1.807) is 6.92 Å². The van der Waals surface area contributed by atoms with Crippen molar-refractivity contribution in [3.05, 3.63) is 37.5 Å². The predicted octanol–water partition coefficient (Wildman–Crippen LogP) is 6.76. The van der Waals surface area contributed by atoms with E-state index < -0.39 is 0 Å². The highest BCUT2D eigenvalue weighted by molar-refractivity contribution is 5.86. The maximum atomic E-state index is 11.9. The molecule has 1 heteroatoms. The summed E-state index contributed by atoms with van der Waals surface area (Å²) in [5.74, 6) is 0.958. The lowest BCUT2D eigenvalue weighted by Crippen LogP contribution is -2.35. The normalized spacial score (nSPS) is 24.0. The Bertz CT molecular complexity index is 301. The van der Waals surface area contributed by atoms with Gasteiger partial charge < -0.3 is 0 Å². The Balaban J connectivity index is -0.000000478. The quantitative estimate of drug-likeness (QED) is 0.415. The highest BCUT2D eigenvalue weighted by Gasteiger charge is 2.40. The Kier molecular flexibility index (Phi) is 18.1. The molecule has 0 saturated heterocycles. The van der Waals surface area contributed by atoms with Crippen molar-refractivity contribution < 1.29 is 4.79 Å². The summed E-state index contributed by atoms with van der Waals surface area (Å²) in [5.41, 5.74) is 0.898. The molecule has 1 rings (SSSR count). The predicted molar refractivity (Wildman–Crippen MR) is 98.7 cm³/mol. The monoisotopic (exact) mass is 294 g/mol. The second kappa shape index (κ2) is 15.3. The van der Waals surface area contributed by atoms with Crippen LogP contribution in [0.25, 0.3) is 0 Å². The first-order chi connectivity index (χ1) is 10.1. The molecule has 1 nitrogen and oxygen atoms in total. The molecule has 0 amide bonds. The molecule has 0 aromatic carbocycles. The minimum absolute atomic E-state index is 0.228. The van der Waals surface area contributed by atoms with Gasteiger partial charge in [-0.05, 0) is 38.2 Å². The summed E-state index contributed by atoms with van der Waals surface area (Å²) in [6.45, 7) is 23.8. The zero-order chi connectivity index (χ0) is 17.5. The van der Waals surface area contributed by atoms with E-state index in [1.807, 2.05) is 46.8 Å². The zero-order valence-electron chi connectivity index (χ0n) is 15.6. The summed E-state index contributed by atoms with van der Waals surface area (Å²) in [7, 11) is 0. The average Bonchev–Trinajstić information content (AvgIpc) is 2.54. The van der Waals surface area contributed by atoms with Crippen molar-refractivity contribution in [2.75, 3.05) is 0 Å². The van der Waals surface area contributed by atoms with Gasteiger partial charge in [0.05, 0.1) is 5.41 Å². The van der Waals surface area contributed by atoms with Gasteiger partial charge in [0.15, 0.2) is 0 Å². The zero-order valence-corrected chi connectivity index (χ0v) is 15.6. The molecule has 1 fully saturated rings. The van der Waals surface area contributed by atoms with E-state index in [1.165, 1.54) is 6.42 Å². The van der Waals surface area contributed by atoms with Crippen LogP contribution in [0.4, 0.5) is 0 Å². The number of carbonyl (C=O) groups is 1. The third-order valence-corrected chi connectivity index (χ3v) is 3.75. The van der Waals surface area contributed by atoms with Gasteiger partial charge in [-0.3, -0.25) is 4.79 Å². The van der Waals surface area contributed by atoms with Crippen molar-refractivity contribution in [2.45, 2.75) is 74.1 Å². The number of hydrogen-bond acceptors (Lipinski definition) is 1. The smallest absolute Gasteiger partial charge is 0.140 e. The van der Waals surface area contributed by atoms with Crippen LogP contribution in [0.15, 0.2) is 37.5 Å². The maximum absolute atomic E-state index is 11.9.